The van der Waals surface area contributed by atoms with Gasteiger partial charge in [0.1, 0.15) is 0 Å². The average Bonchev–Trinajstić information content (AvgIpc) is 2.41. The summed E-state index contributed by atoms with van der Waals surface area (Å²) in [5.74, 6) is 0.382. The van der Waals surface area contributed by atoms with Gasteiger partial charge in [0.2, 0.25) is 5.91 Å². The summed E-state index contributed by atoms with van der Waals surface area (Å²) in [5, 5.41) is 21.8. The van der Waals surface area contributed by atoms with Crippen molar-refractivity contribution in [2.24, 2.45) is 17.3 Å². The van der Waals surface area contributed by atoms with Crippen molar-refractivity contribution < 1.29 is 15.0 Å². The van der Waals surface area contributed by atoms with Crippen LogP contribution < -0.4 is 5.32 Å². The van der Waals surface area contributed by atoms with Crippen LogP contribution in [0.5, 0.6) is 11.5 Å². The number of phenols is 2. The Bertz CT molecular complexity index is 539. The fourth-order valence-electron chi connectivity index (χ4n) is 3.75. The molecule has 2 atom stereocenters. The number of carbonyl (C=O) groups excluding carboxylic acids is 1. The Kier molecular flexibility index (Phi) is 4.99. The quantitative estimate of drug-likeness (QED) is 0.748. The van der Waals surface area contributed by atoms with E-state index in [0.717, 1.165) is 18.4 Å². The lowest BCUT2D eigenvalue weighted by Crippen LogP contribution is -2.45. The Morgan fingerprint density at radius 3 is 2.68 bits per heavy atom. The Morgan fingerprint density at radius 2 is 2.05 bits per heavy atom. The van der Waals surface area contributed by atoms with Crippen molar-refractivity contribution in [2.75, 3.05) is 6.54 Å². The van der Waals surface area contributed by atoms with Crippen LogP contribution in [0.25, 0.3) is 0 Å². The first-order valence-electron chi connectivity index (χ1n) is 8.10. The molecule has 0 saturated heterocycles. The van der Waals surface area contributed by atoms with E-state index in [4.69, 9.17) is 0 Å². The molecule has 1 fully saturated rings. The lowest BCUT2D eigenvalue weighted by atomic mass is 9.64. The summed E-state index contributed by atoms with van der Waals surface area (Å²) in [6, 6.07) is 4.77. The van der Waals surface area contributed by atoms with Gasteiger partial charge in [-0.05, 0) is 48.3 Å². The first-order valence-corrected chi connectivity index (χ1v) is 8.10. The number of benzene rings is 1. The molecule has 22 heavy (non-hydrogen) atoms. The van der Waals surface area contributed by atoms with Crippen molar-refractivity contribution in [1.29, 1.82) is 0 Å². The Balaban J connectivity index is 1.90. The number of hydrogen-bond donors (Lipinski definition) is 3. The number of nitrogens with one attached hydrogen (secondary N) is 1. The molecule has 2 rings (SSSR count). The van der Waals surface area contributed by atoms with Gasteiger partial charge in [-0.1, -0.05) is 33.3 Å². The third-order valence-corrected chi connectivity index (χ3v) is 4.93. The van der Waals surface area contributed by atoms with E-state index >= 15 is 0 Å². The van der Waals surface area contributed by atoms with E-state index in [1.165, 1.54) is 18.6 Å². The van der Waals surface area contributed by atoms with E-state index in [1.54, 1.807) is 6.07 Å². The molecule has 3 N–H and O–H groups in total. The Labute approximate surface area is 132 Å². The van der Waals surface area contributed by atoms with Crippen molar-refractivity contribution in [2.45, 2.75) is 46.5 Å². The molecule has 4 nitrogen and oxygen atoms in total. The molecule has 0 aromatic heterocycles. The highest BCUT2D eigenvalue weighted by Gasteiger charge is 2.41. The predicted molar refractivity (Wildman–Crippen MR) is 86.8 cm³/mol. The molecule has 122 valence electrons. The van der Waals surface area contributed by atoms with Crippen LogP contribution in [0.1, 0.15) is 45.6 Å². The topological polar surface area (TPSA) is 69.6 Å². The molecule has 4 heteroatoms. The van der Waals surface area contributed by atoms with Gasteiger partial charge in [-0.2, -0.15) is 0 Å². The first kappa shape index (κ1) is 16.7. The summed E-state index contributed by atoms with van der Waals surface area (Å²) in [7, 11) is 0. The maximum atomic E-state index is 12.5. The van der Waals surface area contributed by atoms with Crippen molar-refractivity contribution >= 4 is 5.91 Å². The van der Waals surface area contributed by atoms with Crippen LogP contribution in [0.4, 0.5) is 0 Å². The fourth-order valence-corrected chi connectivity index (χ4v) is 3.75. The maximum Gasteiger partial charge on any atom is 0.223 e. The minimum Gasteiger partial charge on any atom is -0.504 e. The van der Waals surface area contributed by atoms with E-state index in [0.29, 0.717) is 18.9 Å². The average molecular weight is 305 g/mol. The van der Waals surface area contributed by atoms with Crippen molar-refractivity contribution in [3.8, 4) is 11.5 Å². The minimum atomic E-state index is -0.120. The van der Waals surface area contributed by atoms with Crippen LogP contribution in [0.2, 0.25) is 0 Å². The van der Waals surface area contributed by atoms with Gasteiger partial charge in [0.05, 0.1) is 0 Å². The largest absolute Gasteiger partial charge is 0.504 e. The lowest BCUT2D eigenvalue weighted by molar-refractivity contribution is -0.132. The zero-order valence-electron chi connectivity index (χ0n) is 13.7. The molecular formula is C18H27NO3. The minimum absolute atomic E-state index is 0.0541. The van der Waals surface area contributed by atoms with Crippen LogP contribution in [0.3, 0.4) is 0 Å². The third kappa shape index (κ3) is 3.73. The van der Waals surface area contributed by atoms with Crippen molar-refractivity contribution in [1.82, 2.24) is 5.32 Å². The van der Waals surface area contributed by atoms with Crippen molar-refractivity contribution in [3.63, 3.8) is 0 Å². The molecule has 1 aromatic carbocycles. The molecular weight excluding hydrogens is 278 g/mol. The van der Waals surface area contributed by atoms with E-state index in [2.05, 4.69) is 26.1 Å². The number of rotatable bonds is 4. The number of carbonyl (C=O) groups is 1. The third-order valence-electron chi connectivity index (χ3n) is 4.93. The molecule has 0 bridgehead atoms. The van der Waals surface area contributed by atoms with E-state index in [1.807, 2.05) is 0 Å². The first-order chi connectivity index (χ1) is 10.3. The molecule has 1 aromatic rings. The van der Waals surface area contributed by atoms with Gasteiger partial charge in [-0.25, -0.2) is 0 Å². The van der Waals surface area contributed by atoms with Gasteiger partial charge < -0.3 is 15.5 Å². The fraction of sp³-hybridized carbons (Fsp3) is 0.611. The summed E-state index contributed by atoms with van der Waals surface area (Å²) in [5.41, 5.74) is 0.949. The Hall–Kier alpha value is -1.71. The van der Waals surface area contributed by atoms with Crippen LogP contribution in [-0.4, -0.2) is 22.7 Å². The molecule has 2 unspecified atom stereocenters. The lowest BCUT2D eigenvalue weighted by Gasteiger charge is -2.41. The summed E-state index contributed by atoms with van der Waals surface area (Å²) < 4.78 is 0. The van der Waals surface area contributed by atoms with Gasteiger partial charge in [0, 0.05) is 12.5 Å². The molecule has 1 aliphatic carbocycles. The zero-order valence-corrected chi connectivity index (χ0v) is 13.7. The maximum absolute atomic E-state index is 12.5. The molecule has 1 saturated carbocycles. The van der Waals surface area contributed by atoms with Crippen LogP contribution >= 0.6 is 0 Å². The van der Waals surface area contributed by atoms with Gasteiger partial charge in [-0.3, -0.25) is 4.79 Å². The highest BCUT2D eigenvalue weighted by molar-refractivity contribution is 5.79. The van der Waals surface area contributed by atoms with Gasteiger partial charge in [0.15, 0.2) is 11.5 Å². The van der Waals surface area contributed by atoms with E-state index in [9.17, 15) is 15.0 Å². The van der Waals surface area contributed by atoms with E-state index < -0.39 is 0 Å². The second kappa shape index (κ2) is 6.59. The normalized spacial score (nSPS) is 24.0. The SMILES string of the molecule is CC1CCCC(C)(C)C1C(=O)NCCc1ccc(O)c(O)c1. The number of hydrogen-bond acceptors (Lipinski definition) is 3. The van der Waals surface area contributed by atoms with Crippen LogP contribution in [0.15, 0.2) is 18.2 Å². The highest BCUT2D eigenvalue weighted by atomic mass is 16.3. The summed E-state index contributed by atoms with van der Waals surface area (Å²) in [6.45, 7) is 7.08. The van der Waals surface area contributed by atoms with E-state index in [-0.39, 0.29) is 28.7 Å². The van der Waals surface area contributed by atoms with Crippen molar-refractivity contribution in [3.05, 3.63) is 23.8 Å². The second-order valence-corrected chi connectivity index (χ2v) is 7.20. The number of amides is 1. The predicted octanol–water partition coefficient (Wildman–Crippen LogP) is 3.22. The molecule has 1 aliphatic rings. The molecule has 0 radical (unpaired) electrons. The monoisotopic (exact) mass is 305 g/mol. The molecule has 1 amide bonds. The highest BCUT2D eigenvalue weighted by Crippen LogP contribution is 2.43. The molecule has 0 heterocycles. The second-order valence-electron chi connectivity index (χ2n) is 7.20. The number of phenolic OH excluding ortho intramolecular Hbond substituents is 2. The summed E-state index contributed by atoms with van der Waals surface area (Å²) in [4.78, 5) is 12.5. The summed E-state index contributed by atoms with van der Waals surface area (Å²) in [6.07, 6.45) is 4.06. The molecule has 0 aliphatic heterocycles. The van der Waals surface area contributed by atoms with Crippen LogP contribution in [0, 0.1) is 17.3 Å². The molecule has 0 spiro atoms. The standard InChI is InChI=1S/C18H27NO3/c1-12-5-4-9-18(2,3)16(12)17(22)19-10-8-13-6-7-14(20)15(21)11-13/h6-7,11-12,16,20-21H,4-5,8-10H2,1-3H3,(H,19,22). The van der Waals surface area contributed by atoms with Gasteiger partial charge in [-0.15, -0.1) is 0 Å². The Morgan fingerprint density at radius 1 is 1.32 bits per heavy atom. The van der Waals surface area contributed by atoms with Gasteiger partial charge >= 0.3 is 0 Å². The zero-order chi connectivity index (χ0) is 16.3. The summed E-state index contributed by atoms with van der Waals surface area (Å²) >= 11 is 0. The van der Waals surface area contributed by atoms with Crippen LogP contribution in [-0.2, 0) is 11.2 Å². The number of aromatic hydroxyl groups is 2. The smallest absolute Gasteiger partial charge is 0.223 e. The van der Waals surface area contributed by atoms with Gasteiger partial charge in [0.25, 0.3) is 0 Å².